The van der Waals surface area contributed by atoms with Crippen molar-refractivity contribution < 1.29 is 9.90 Å². The molecule has 6 heteroatoms. The molecular formula is C14H10I2N2O2. The van der Waals surface area contributed by atoms with Gasteiger partial charge < -0.3 is 5.11 Å². The number of nitrogens with one attached hydrogen (secondary N) is 1. The van der Waals surface area contributed by atoms with Crippen molar-refractivity contribution in [3.8, 4) is 5.75 Å². The standard InChI is InChI=1S/C14H10I2N2O2/c15-11-6-9(7-12(16)13(11)19)8-17-18-14(20)10-4-2-1-3-5-10/h1-8,19H,(H,18,20)/b17-8-. The number of amides is 1. The Balaban J connectivity index is 2.06. The van der Waals surface area contributed by atoms with E-state index in [0.717, 1.165) is 12.7 Å². The monoisotopic (exact) mass is 492 g/mol. The number of phenolic OH excluding ortho intramolecular Hbond substituents is 1. The van der Waals surface area contributed by atoms with Crippen LogP contribution in [-0.2, 0) is 0 Å². The van der Waals surface area contributed by atoms with Gasteiger partial charge in [-0.2, -0.15) is 5.10 Å². The Morgan fingerprint density at radius 2 is 1.75 bits per heavy atom. The van der Waals surface area contributed by atoms with Crippen molar-refractivity contribution >= 4 is 57.3 Å². The summed E-state index contributed by atoms with van der Waals surface area (Å²) in [5, 5.41) is 13.6. The lowest BCUT2D eigenvalue weighted by Gasteiger charge is -2.02. The summed E-state index contributed by atoms with van der Waals surface area (Å²) < 4.78 is 1.48. The molecule has 0 spiro atoms. The van der Waals surface area contributed by atoms with Crippen LogP contribution >= 0.6 is 45.2 Å². The minimum Gasteiger partial charge on any atom is -0.506 e. The highest BCUT2D eigenvalue weighted by Gasteiger charge is 2.05. The molecule has 0 aliphatic rings. The van der Waals surface area contributed by atoms with Crippen molar-refractivity contribution in [2.24, 2.45) is 5.10 Å². The average molecular weight is 492 g/mol. The summed E-state index contributed by atoms with van der Waals surface area (Å²) in [4.78, 5) is 11.8. The second kappa shape index (κ2) is 7.02. The number of hydrogen-bond acceptors (Lipinski definition) is 3. The van der Waals surface area contributed by atoms with Gasteiger partial charge in [0.25, 0.3) is 5.91 Å². The van der Waals surface area contributed by atoms with Crippen LogP contribution in [0.1, 0.15) is 15.9 Å². The topological polar surface area (TPSA) is 61.7 Å². The summed E-state index contributed by atoms with van der Waals surface area (Å²) in [6.45, 7) is 0. The molecule has 0 radical (unpaired) electrons. The third-order valence-electron chi connectivity index (χ3n) is 2.45. The molecule has 0 saturated heterocycles. The van der Waals surface area contributed by atoms with E-state index in [9.17, 15) is 9.90 Å². The third-order valence-corrected chi connectivity index (χ3v) is 4.10. The van der Waals surface area contributed by atoms with Gasteiger partial charge in [0.05, 0.1) is 13.4 Å². The van der Waals surface area contributed by atoms with Crippen molar-refractivity contribution in [3.63, 3.8) is 0 Å². The largest absolute Gasteiger partial charge is 0.506 e. The molecule has 0 fully saturated rings. The molecule has 0 bridgehead atoms. The smallest absolute Gasteiger partial charge is 0.271 e. The Hall–Kier alpha value is -1.16. The van der Waals surface area contributed by atoms with E-state index in [-0.39, 0.29) is 11.7 Å². The lowest BCUT2D eigenvalue weighted by Crippen LogP contribution is -2.17. The first-order valence-corrected chi connectivity index (χ1v) is 7.80. The van der Waals surface area contributed by atoms with E-state index in [2.05, 4.69) is 10.5 Å². The quantitative estimate of drug-likeness (QED) is 0.393. The van der Waals surface area contributed by atoms with Crippen LogP contribution in [0.3, 0.4) is 0 Å². The molecule has 2 aromatic carbocycles. The molecule has 0 atom stereocenters. The van der Waals surface area contributed by atoms with Crippen LogP contribution in [0, 0.1) is 7.14 Å². The Morgan fingerprint density at radius 3 is 2.35 bits per heavy atom. The molecule has 2 N–H and O–H groups in total. The van der Waals surface area contributed by atoms with E-state index < -0.39 is 0 Å². The fraction of sp³-hybridized carbons (Fsp3) is 0. The van der Waals surface area contributed by atoms with E-state index in [1.165, 1.54) is 0 Å². The maximum atomic E-state index is 11.8. The van der Waals surface area contributed by atoms with Crippen LogP contribution in [0.5, 0.6) is 5.75 Å². The van der Waals surface area contributed by atoms with Crippen LogP contribution in [0.4, 0.5) is 0 Å². The van der Waals surface area contributed by atoms with Crippen molar-refractivity contribution in [1.82, 2.24) is 5.43 Å². The number of rotatable bonds is 3. The number of carbonyl (C=O) groups excluding carboxylic acids is 1. The molecule has 102 valence electrons. The summed E-state index contributed by atoms with van der Waals surface area (Å²) >= 11 is 4.09. The van der Waals surface area contributed by atoms with Gasteiger partial charge in [-0.25, -0.2) is 5.43 Å². The Labute approximate surface area is 143 Å². The molecule has 1 amide bonds. The van der Waals surface area contributed by atoms with Crippen LogP contribution in [0.2, 0.25) is 0 Å². The van der Waals surface area contributed by atoms with Gasteiger partial charge in [0.2, 0.25) is 0 Å². The van der Waals surface area contributed by atoms with Gasteiger partial charge in [0, 0.05) is 5.56 Å². The van der Waals surface area contributed by atoms with Crippen LogP contribution < -0.4 is 5.43 Å². The Morgan fingerprint density at radius 1 is 1.15 bits per heavy atom. The van der Waals surface area contributed by atoms with Crippen molar-refractivity contribution in [3.05, 3.63) is 60.7 Å². The number of halogens is 2. The minimum atomic E-state index is -0.259. The fourth-order valence-corrected chi connectivity index (χ4v) is 3.30. The lowest BCUT2D eigenvalue weighted by atomic mass is 10.2. The number of benzene rings is 2. The first kappa shape index (κ1) is 15.2. The molecule has 2 aromatic rings. The summed E-state index contributed by atoms with van der Waals surface area (Å²) in [6, 6.07) is 12.5. The van der Waals surface area contributed by atoms with E-state index in [1.54, 1.807) is 42.6 Å². The van der Waals surface area contributed by atoms with Gasteiger partial charge in [0.1, 0.15) is 5.75 Å². The minimum absolute atomic E-state index is 0.259. The zero-order valence-electron chi connectivity index (χ0n) is 10.2. The molecule has 0 aliphatic heterocycles. The van der Waals surface area contributed by atoms with Crippen LogP contribution in [0.15, 0.2) is 47.6 Å². The first-order chi connectivity index (χ1) is 9.58. The number of carbonyl (C=O) groups is 1. The lowest BCUT2D eigenvalue weighted by molar-refractivity contribution is 0.0955. The number of phenols is 1. The van der Waals surface area contributed by atoms with Crippen LogP contribution in [-0.4, -0.2) is 17.2 Å². The number of aromatic hydroxyl groups is 1. The molecule has 0 aromatic heterocycles. The highest BCUT2D eigenvalue weighted by Crippen LogP contribution is 2.26. The second-order valence-corrected chi connectivity index (χ2v) is 6.22. The molecule has 0 unspecified atom stereocenters. The van der Waals surface area contributed by atoms with E-state index in [4.69, 9.17) is 0 Å². The predicted molar refractivity (Wildman–Crippen MR) is 95.0 cm³/mol. The highest BCUT2D eigenvalue weighted by molar-refractivity contribution is 14.1. The van der Waals surface area contributed by atoms with Crippen molar-refractivity contribution in [2.45, 2.75) is 0 Å². The van der Waals surface area contributed by atoms with E-state index in [0.29, 0.717) is 5.56 Å². The van der Waals surface area contributed by atoms with E-state index in [1.807, 2.05) is 51.2 Å². The fourth-order valence-electron chi connectivity index (χ4n) is 1.48. The number of hydrogen-bond donors (Lipinski definition) is 2. The van der Waals surface area contributed by atoms with E-state index >= 15 is 0 Å². The predicted octanol–water partition coefficient (Wildman–Crippen LogP) is 3.37. The first-order valence-electron chi connectivity index (χ1n) is 5.64. The molecule has 2 rings (SSSR count). The summed E-state index contributed by atoms with van der Waals surface area (Å²) in [5.41, 5.74) is 3.83. The highest BCUT2D eigenvalue weighted by atomic mass is 127. The van der Waals surface area contributed by atoms with Crippen molar-refractivity contribution in [2.75, 3.05) is 0 Å². The molecule has 0 saturated carbocycles. The maximum absolute atomic E-state index is 11.8. The molecule has 0 heterocycles. The second-order valence-electron chi connectivity index (χ2n) is 3.90. The zero-order chi connectivity index (χ0) is 14.5. The van der Waals surface area contributed by atoms with Crippen molar-refractivity contribution in [1.29, 1.82) is 0 Å². The van der Waals surface area contributed by atoms with Gasteiger partial charge in [-0.1, -0.05) is 18.2 Å². The molecule has 20 heavy (non-hydrogen) atoms. The SMILES string of the molecule is O=C(N/N=C\c1cc(I)c(O)c(I)c1)c1ccccc1. The summed E-state index contributed by atoms with van der Waals surface area (Å²) in [7, 11) is 0. The Kier molecular flexibility index (Phi) is 5.35. The molecule has 4 nitrogen and oxygen atoms in total. The van der Waals surface area contributed by atoms with Gasteiger partial charge in [-0.15, -0.1) is 0 Å². The van der Waals surface area contributed by atoms with Gasteiger partial charge >= 0.3 is 0 Å². The molecular weight excluding hydrogens is 482 g/mol. The maximum Gasteiger partial charge on any atom is 0.271 e. The molecule has 0 aliphatic carbocycles. The van der Waals surface area contributed by atoms with Gasteiger partial charge in [-0.05, 0) is 75.0 Å². The van der Waals surface area contributed by atoms with Gasteiger partial charge in [-0.3, -0.25) is 4.79 Å². The van der Waals surface area contributed by atoms with Gasteiger partial charge in [0.15, 0.2) is 0 Å². The van der Waals surface area contributed by atoms with Crippen LogP contribution in [0.25, 0.3) is 0 Å². The zero-order valence-corrected chi connectivity index (χ0v) is 14.5. The normalized spacial score (nSPS) is 10.7. The Bertz CT molecular complexity index is 634. The average Bonchev–Trinajstić information content (AvgIpc) is 2.45. The third kappa shape index (κ3) is 3.92. The summed E-state index contributed by atoms with van der Waals surface area (Å²) in [5.74, 6) is 0.00157. The number of hydrazone groups is 1. The summed E-state index contributed by atoms with van der Waals surface area (Å²) in [6.07, 6.45) is 1.55. The number of nitrogens with zero attached hydrogens (tertiary/aromatic N) is 1.